The molecule has 29 heavy (non-hydrogen) atoms. The SMILES string of the molecule is CCc1cc2c(N3CCN(C(=O)CC(F)(F)F)CC3)nc(NCC(C)=O)nc2s1. The van der Waals surface area contributed by atoms with Crippen molar-refractivity contribution in [1.82, 2.24) is 14.9 Å². The molecule has 1 fully saturated rings. The average molecular weight is 429 g/mol. The van der Waals surface area contributed by atoms with Gasteiger partial charge in [-0.3, -0.25) is 9.59 Å². The lowest BCUT2D eigenvalue weighted by Crippen LogP contribution is -2.49. The van der Waals surface area contributed by atoms with Gasteiger partial charge in [0.05, 0.1) is 11.9 Å². The van der Waals surface area contributed by atoms with Crippen LogP contribution in [0.15, 0.2) is 6.07 Å². The monoisotopic (exact) mass is 429 g/mol. The molecule has 0 radical (unpaired) electrons. The maximum absolute atomic E-state index is 12.5. The maximum Gasteiger partial charge on any atom is 0.397 e. The van der Waals surface area contributed by atoms with E-state index in [1.807, 2.05) is 17.9 Å². The van der Waals surface area contributed by atoms with E-state index >= 15 is 0 Å². The summed E-state index contributed by atoms with van der Waals surface area (Å²) in [5, 5.41) is 3.79. The van der Waals surface area contributed by atoms with Crippen LogP contribution >= 0.6 is 11.3 Å². The molecule has 2 aromatic heterocycles. The number of piperazine rings is 1. The number of carbonyl (C=O) groups excluding carboxylic acids is 2. The lowest BCUT2D eigenvalue weighted by Gasteiger charge is -2.36. The van der Waals surface area contributed by atoms with E-state index in [0.717, 1.165) is 21.5 Å². The number of halogens is 3. The third-order valence-corrected chi connectivity index (χ3v) is 5.72. The van der Waals surface area contributed by atoms with Gasteiger partial charge >= 0.3 is 6.18 Å². The number of hydrogen-bond donors (Lipinski definition) is 1. The summed E-state index contributed by atoms with van der Waals surface area (Å²) >= 11 is 1.54. The van der Waals surface area contributed by atoms with Crippen LogP contribution in [0.25, 0.3) is 10.2 Å². The van der Waals surface area contributed by atoms with Gasteiger partial charge in [0.2, 0.25) is 11.9 Å². The summed E-state index contributed by atoms with van der Waals surface area (Å²) in [5.74, 6) is 0.0489. The van der Waals surface area contributed by atoms with Gasteiger partial charge < -0.3 is 15.1 Å². The number of nitrogens with one attached hydrogen (secondary N) is 1. The second-order valence-electron chi connectivity index (χ2n) is 6.87. The molecular weight excluding hydrogens is 407 g/mol. The molecule has 3 heterocycles. The minimum absolute atomic E-state index is 0.0486. The number of anilines is 2. The summed E-state index contributed by atoms with van der Waals surface area (Å²) in [6.07, 6.45) is -5.10. The molecule has 1 amide bonds. The van der Waals surface area contributed by atoms with E-state index in [1.54, 1.807) is 11.3 Å². The largest absolute Gasteiger partial charge is 0.397 e. The standard InChI is InChI=1S/C18H22F3N5O2S/c1-3-12-8-13-15(23-17(22-10-11(2)27)24-16(13)29-12)26-6-4-25(5-7-26)14(28)9-18(19,20)21/h8H,3-7,9-10H2,1-2H3,(H,22,23,24). The van der Waals surface area contributed by atoms with E-state index in [2.05, 4.69) is 15.3 Å². The number of thiophene rings is 1. The van der Waals surface area contributed by atoms with Crippen molar-refractivity contribution >= 4 is 45.0 Å². The molecule has 0 spiro atoms. The smallest absolute Gasteiger partial charge is 0.352 e. The first-order valence-electron chi connectivity index (χ1n) is 9.29. The fourth-order valence-electron chi connectivity index (χ4n) is 3.11. The van der Waals surface area contributed by atoms with Crippen molar-refractivity contribution in [3.05, 3.63) is 10.9 Å². The Kier molecular flexibility index (Phi) is 6.25. The van der Waals surface area contributed by atoms with Gasteiger partial charge in [-0.15, -0.1) is 11.3 Å². The lowest BCUT2D eigenvalue weighted by molar-refractivity contribution is -0.161. The summed E-state index contributed by atoms with van der Waals surface area (Å²) in [4.78, 5) is 37.3. The predicted molar refractivity (Wildman–Crippen MR) is 105 cm³/mol. The highest BCUT2D eigenvalue weighted by Crippen LogP contribution is 2.33. The number of amides is 1. The summed E-state index contributed by atoms with van der Waals surface area (Å²) in [6, 6.07) is 2.02. The van der Waals surface area contributed by atoms with Crippen LogP contribution in [0.1, 0.15) is 25.1 Å². The topological polar surface area (TPSA) is 78.4 Å². The number of alkyl halides is 3. The number of nitrogens with zero attached hydrogens (tertiary/aromatic N) is 4. The molecule has 1 N–H and O–H groups in total. The molecule has 0 atom stereocenters. The number of Topliss-reactive ketones (excluding diaryl/α,β-unsaturated/α-hetero) is 1. The summed E-state index contributed by atoms with van der Waals surface area (Å²) in [7, 11) is 0. The van der Waals surface area contributed by atoms with Crippen molar-refractivity contribution < 1.29 is 22.8 Å². The number of ketones is 1. The Morgan fingerprint density at radius 3 is 2.48 bits per heavy atom. The molecule has 0 aromatic carbocycles. The van der Waals surface area contributed by atoms with Gasteiger partial charge in [-0.25, -0.2) is 4.98 Å². The fraction of sp³-hybridized carbons (Fsp3) is 0.556. The first-order chi connectivity index (χ1) is 13.7. The number of fused-ring (bicyclic) bond motifs is 1. The van der Waals surface area contributed by atoms with Crippen LogP contribution in [-0.2, 0) is 16.0 Å². The highest BCUT2D eigenvalue weighted by molar-refractivity contribution is 7.18. The number of aromatic nitrogens is 2. The van der Waals surface area contributed by atoms with Gasteiger partial charge in [0, 0.05) is 31.1 Å². The van der Waals surface area contributed by atoms with E-state index < -0.39 is 18.5 Å². The fourth-order valence-corrected chi connectivity index (χ4v) is 4.07. The van der Waals surface area contributed by atoms with Crippen LogP contribution in [0.5, 0.6) is 0 Å². The summed E-state index contributed by atoms with van der Waals surface area (Å²) in [5.41, 5.74) is 0. The van der Waals surface area contributed by atoms with Gasteiger partial charge in [0.1, 0.15) is 22.9 Å². The van der Waals surface area contributed by atoms with E-state index in [9.17, 15) is 22.8 Å². The van der Waals surface area contributed by atoms with Crippen LogP contribution in [0.3, 0.4) is 0 Å². The minimum Gasteiger partial charge on any atom is -0.352 e. The maximum atomic E-state index is 12.5. The zero-order chi connectivity index (χ0) is 21.2. The van der Waals surface area contributed by atoms with Crippen LogP contribution in [0, 0.1) is 0 Å². The highest BCUT2D eigenvalue weighted by Gasteiger charge is 2.34. The predicted octanol–water partition coefficient (Wildman–Crippen LogP) is 2.86. The van der Waals surface area contributed by atoms with Crippen LogP contribution in [0.2, 0.25) is 0 Å². The molecule has 1 aliphatic rings. The van der Waals surface area contributed by atoms with Gasteiger partial charge in [0.15, 0.2) is 0 Å². The van der Waals surface area contributed by atoms with Crippen molar-refractivity contribution in [3.8, 4) is 0 Å². The van der Waals surface area contributed by atoms with Crippen LogP contribution in [-0.4, -0.2) is 65.5 Å². The molecule has 0 saturated carbocycles. The third kappa shape index (κ3) is 5.34. The number of aryl methyl sites for hydroxylation is 1. The van der Waals surface area contributed by atoms with Gasteiger partial charge in [0.25, 0.3) is 0 Å². The zero-order valence-electron chi connectivity index (χ0n) is 16.2. The molecule has 0 aliphatic carbocycles. The molecule has 1 aliphatic heterocycles. The Morgan fingerprint density at radius 2 is 1.90 bits per heavy atom. The van der Waals surface area contributed by atoms with E-state index in [1.165, 1.54) is 11.8 Å². The van der Waals surface area contributed by atoms with Crippen molar-refractivity contribution in [3.63, 3.8) is 0 Å². The van der Waals surface area contributed by atoms with Crippen molar-refractivity contribution in [1.29, 1.82) is 0 Å². The second-order valence-corrected chi connectivity index (χ2v) is 7.99. The number of hydrogen-bond acceptors (Lipinski definition) is 7. The first kappa shape index (κ1) is 21.3. The van der Waals surface area contributed by atoms with Crippen molar-refractivity contribution in [2.24, 2.45) is 0 Å². The molecule has 0 unspecified atom stereocenters. The Bertz CT molecular complexity index is 907. The Morgan fingerprint density at radius 1 is 1.21 bits per heavy atom. The Hall–Kier alpha value is -2.43. The lowest BCUT2D eigenvalue weighted by atomic mass is 10.2. The van der Waals surface area contributed by atoms with E-state index in [-0.39, 0.29) is 25.4 Å². The second kappa shape index (κ2) is 8.52. The Balaban J connectivity index is 1.80. The van der Waals surface area contributed by atoms with E-state index in [4.69, 9.17) is 0 Å². The zero-order valence-corrected chi connectivity index (χ0v) is 17.0. The average Bonchev–Trinajstić information content (AvgIpc) is 3.07. The number of carbonyl (C=O) groups is 2. The minimum atomic E-state index is -4.50. The Labute approximate surface area is 169 Å². The summed E-state index contributed by atoms with van der Waals surface area (Å²) in [6.45, 7) is 4.75. The van der Waals surface area contributed by atoms with Gasteiger partial charge in [-0.05, 0) is 19.4 Å². The first-order valence-corrected chi connectivity index (χ1v) is 10.1. The van der Waals surface area contributed by atoms with Gasteiger partial charge in [-0.2, -0.15) is 18.2 Å². The number of rotatable bonds is 6. The van der Waals surface area contributed by atoms with E-state index in [0.29, 0.717) is 24.9 Å². The molecule has 3 rings (SSSR count). The molecule has 1 saturated heterocycles. The van der Waals surface area contributed by atoms with Crippen LogP contribution in [0.4, 0.5) is 24.9 Å². The highest BCUT2D eigenvalue weighted by atomic mass is 32.1. The normalized spacial score (nSPS) is 15.1. The van der Waals surface area contributed by atoms with Crippen molar-refractivity contribution in [2.45, 2.75) is 32.9 Å². The molecule has 0 bridgehead atoms. The molecule has 2 aromatic rings. The van der Waals surface area contributed by atoms with Crippen LogP contribution < -0.4 is 10.2 Å². The summed E-state index contributed by atoms with van der Waals surface area (Å²) < 4.78 is 37.4. The van der Waals surface area contributed by atoms with Crippen molar-refractivity contribution in [2.75, 3.05) is 42.9 Å². The van der Waals surface area contributed by atoms with Gasteiger partial charge in [-0.1, -0.05) is 6.92 Å². The quantitative estimate of drug-likeness (QED) is 0.761. The molecule has 11 heteroatoms. The molecular formula is C18H22F3N5O2S. The third-order valence-electron chi connectivity index (χ3n) is 4.55. The molecule has 158 valence electrons. The molecule has 7 nitrogen and oxygen atoms in total.